The summed E-state index contributed by atoms with van der Waals surface area (Å²) in [5.41, 5.74) is 7.71. The lowest BCUT2D eigenvalue weighted by Crippen LogP contribution is -1.93. The molecule has 15 heavy (non-hydrogen) atoms. The van der Waals surface area contributed by atoms with Crippen LogP contribution in [0.2, 0.25) is 0 Å². The Bertz CT molecular complexity index is 508. The molecule has 2 N–H and O–H groups in total. The van der Waals surface area contributed by atoms with Crippen molar-refractivity contribution in [1.82, 2.24) is 9.97 Å². The Hall–Kier alpha value is -1.55. The molecular weight excluding hydrogens is 206 g/mol. The summed E-state index contributed by atoms with van der Waals surface area (Å²) < 4.78 is 0. The fourth-order valence-electron chi connectivity index (χ4n) is 1.39. The van der Waals surface area contributed by atoms with Crippen LogP contribution in [0.15, 0.2) is 30.6 Å². The van der Waals surface area contributed by atoms with Gasteiger partial charge in [-0.3, -0.25) is 0 Å². The van der Waals surface area contributed by atoms with Gasteiger partial charge in [-0.25, -0.2) is 9.97 Å². The molecule has 0 bridgehead atoms. The van der Waals surface area contributed by atoms with E-state index in [1.165, 1.54) is 6.33 Å². The molecule has 3 nitrogen and oxygen atoms in total. The van der Waals surface area contributed by atoms with Gasteiger partial charge in [0.25, 0.3) is 0 Å². The maximum atomic E-state index is 5.76. The minimum Gasteiger partial charge on any atom is -0.383 e. The number of thiol groups is 1. The molecule has 1 aromatic heterocycles. The monoisotopic (exact) mass is 217 g/mol. The van der Waals surface area contributed by atoms with E-state index in [2.05, 4.69) is 22.6 Å². The summed E-state index contributed by atoms with van der Waals surface area (Å²) in [5, 5.41) is 0.888. The molecule has 1 heterocycles. The second-order valence-corrected chi connectivity index (χ2v) is 3.49. The maximum Gasteiger partial charge on any atom is 0.134 e. The lowest BCUT2D eigenvalue weighted by Gasteiger charge is -2.00. The van der Waals surface area contributed by atoms with Crippen LogP contribution in [0, 0.1) is 0 Å². The van der Waals surface area contributed by atoms with E-state index in [9.17, 15) is 0 Å². The number of aromatic nitrogens is 2. The van der Waals surface area contributed by atoms with Crippen molar-refractivity contribution in [3.8, 4) is 0 Å². The van der Waals surface area contributed by atoms with Crippen LogP contribution in [0.1, 0.15) is 5.56 Å². The van der Waals surface area contributed by atoms with Crippen molar-refractivity contribution in [2.75, 3.05) is 11.5 Å². The summed E-state index contributed by atoms with van der Waals surface area (Å²) in [6.45, 7) is 0. The standard InChI is InChI=1S/C11H11N3S/c12-11-9-6-8(2-1-5-15)3-4-10(9)13-7-14-11/h1-4,6-7,15H,5H2,(H2,12,13,14). The zero-order chi connectivity index (χ0) is 10.7. The maximum absolute atomic E-state index is 5.76. The van der Waals surface area contributed by atoms with E-state index in [1.807, 2.05) is 30.4 Å². The van der Waals surface area contributed by atoms with Crippen molar-refractivity contribution >= 4 is 35.4 Å². The van der Waals surface area contributed by atoms with E-state index in [4.69, 9.17) is 5.73 Å². The van der Waals surface area contributed by atoms with Crippen LogP contribution in [-0.4, -0.2) is 15.7 Å². The third-order valence-electron chi connectivity index (χ3n) is 2.11. The van der Waals surface area contributed by atoms with Gasteiger partial charge in [-0.05, 0) is 17.7 Å². The first kappa shape index (κ1) is 9.98. The number of hydrogen-bond donors (Lipinski definition) is 2. The SMILES string of the molecule is Nc1ncnc2ccc(C=CCS)cc12. The first-order valence-electron chi connectivity index (χ1n) is 4.59. The summed E-state index contributed by atoms with van der Waals surface area (Å²) in [6, 6.07) is 5.91. The largest absolute Gasteiger partial charge is 0.383 e. The van der Waals surface area contributed by atoms with E-state index in [0.29, 0.717) is 5.82 Å². The molecule has 76 valence electrons. The number of hydrogen-bond acceptors (Lipinski definition) is 4. The molecule has 1 aromatic carbocycles. The molecule has 2 rings (SSSR count). The third kappa shape index (κ3) is 2.10. The molecule has 0 fully saturated rings. The van der Waals surface area contributed by atoms with Gasteiger partial charge in [-0.2, -0.15) is 12.6 Å². The van der Waals surface area contributed by atoms with Crippen LogP contribution >= 0.6 is 12.6 Å². The van der Waals surface area contributed by atoms with Gasteiger partial charge in [-0.15, -0.1) is 0 Å². The van der Waals surface area contributed by atoms with Gasteiger partial charge < -0.3 is 5.73 Å². The summed E-state index contributed by atoms with van der Waals surface area (Å²) in [4.78, 5) is 8.09. The van der Waals surface area contributed by atoms with E-state index in [1.54, 1.807) is 0 Å². The molecular formula is C11H11N3S. The van der Waals surface area contributed by atoms with Gasteiger partial charge in [0.1, 0.15) is 12.1 Å². The lowest BCUT2D eigenvalue weighted by molar-refractivity contribution is 1.23. The zero-order valence-electron chi connectivity index (χ0n) is 8.09. The summed E-state index contributed by atoms with van der Waals surface area (Å²) >= 11 is 4.11. The van der Waals surface area contributed by atoms with Gasteiger partial charge in [0.15, 0.2) is 0 Å². The highest BCUT2D eigenvalue weighted by atomic mass is 32.1. The zero-order valence-corrected chi connectivity index (χ0v) is 8.98. The van der Waals surface area contributed by atoms with Crippen molar-refractivity contribution in [1.29, 1.82) is 0 Å². The van der Waals surface area contributed by atoms with Gasteiger partial charge in [-0.1, -0.05) is 18.2 Å². The molecule has 0 aliphatic heterocycles. The Morgan fingerprint density at radius 3 is 3.00 bits per heavy atom. The van der Waals surface area contributed by atoms with Crippen LogP contribution in [0.5, 0.6) is 0 Å². The molecule has 0 amide bonds. The number of rotatable bonds is 2. The summed E-state index contributed by atoms with van der Waals surface area (Å²) in [5.74, 6) is 1.24. The van der Waals surface area contributed by atoms with Gasteiger partial charge in [0.2, 0.25) is 0 Å². The quantitative estimate of drug-likeness (QED) is 0.758. The number of nitrogen functional groups attached to an aromatic ring is 1. The van der Waals surface area contributed by atoms with E-state index in [-0.39, 0.29) is 0 Å². The number of benzene rings is 1. The fraction of sp³-hybridized carbons (Fsp3) is 0.0909. The Labute approximate surface area is 93.5 Å². The van der Waals surface area contributed by atoms with Crippen LogP contribution in [0.4, 0.5) is 5.82 Å². The number of anilines is 1. The van der Waals surface area contributed by atoms with Crippen LogP contribution in [-0.2, 0) is 0 Å². The van der Waals surface area contributed by atoms with Crippen LogP contribution in [0.25, 0.3) is 17.0 Å². The van der Waals surface area contributed by atoms with Crippen molar-refractivity contribution in [3.05, 3.63) is 36.2 Å². The normalized spacial score (nSPS) is 11.3. The predicted octanol–water partition coefficient (Wildman–Crippen LogP) is 2.16. The molecule has 0 saturated carbocycles. The lowest BCUT2D eigenvalue weighted by atomic mass is 10.1. The molecule has 0 saturated heterocycles. The highest BCUT2D eigenvalue weighted by Crippen LogP contribution is 2.18. The number of nitrogens with two attached hydrogens (primary N) is 1. The van der Waals surface area contributed by atoms with Crippen molar-refractivity contribution in [2.24, 2.45) is 0 Å². The number of nitrogens with zero attached hydrogens (tertiary/aromatic N) is 2. The smallest absolute Gasteiger partial charge is 0.134 e. The minimum atomic E-state index is 0.515. The Balaban J connectivity index is 2.54. The summed E-state index contributed by atoms with van der Waals surface area (Å²) in [6.07, 6.45) is 5.45. The highest BCUT2D eigenvalue weighted by Gasteiger charge is 1.99. The summed E-state index contributed by atoms with van der Waals surface area (Å²) in [7, 11) is 0. The molecule has 0 atom stereocenters. The topological polar surface area (TPSA) is 51.8 Å². The average molecular weight is 217 g/mol. The first-order valence-corrected chi connectivity index (χ1v) is 5.22. The molecule has 2 aromatic rings. The third-order valence-corrected chi connectivity index (χ3v) is 2.32. The van der Waals surface area contributed by atoms with Gasteiger partial charge in [0.05, 0.1) is 5.52 Å². The number of fused-ring (bicyclic) bond motifs is 1. The second-order valence-electron chi connectivity index (χ2n) is 3.12. The van der Waals surface area contributed by atoms with E-state index in [0.717, 1.165) is 22.2 Å². The van der Waals surface area contributed by atoms with Gasteiger partial charge in [0, 0.05) is 11.1 Å². The molecule has 0 radical (unpaired) electrons. The van der Waals surface area contributed by atoms with Gasteiger partial charge >= 0.3 is 0 Å². The molecule has 0 aliphatic carbocycles. The Morgan fingerprint density at radius 2 is 2.20 bits per heavy atom. The van der Waals surface area contributed by atoms with Crippen molar-refractivity contribution in [2.45, 2.75) is 0 Å². The second kappa shape index (κ2) is 4.31. The molecule has 0 aliphatic rings. The van der Waals surface area contributed by atoms with E-state index < -0.39 is 0 Å². The Morgan fingerprint density at radius 1 is 1.33 bits per heavy atom. The van der Waals surface area contributed by atoms with Crippen LogP contribution in [0.3, 0.4) is 0 Å². The fourth-order valence-corrected chi connectivity index (χ4v) is 1.49. The van der Waals surface area contributed by atoms with Crippen molar-refractivity contribution in [3.63, 3.8) is 0 Å². The minimum absolute atomic E-state index is 0.515. The molecule has 0 spiro atoms. The Kier molecular flexibility index (Phi) is 2.87. The highest BCUT2D eigenvalue weighted by molar-refractivity contribution is 7.80. The predicted molar refractivity (Wildman–Crippen MR) is 66.8 cm³/mol. The average Bonchev–Trinajstić information content (AvgIpc) is 2.27. The molecule has 4 heteroatoms. The molecule has 0 unspecified atom stereocenters. The first-order chi connectivity index (χ1) is 7.31. The van der Waals surface area contributed by atoms with Crippen LogP contribution < -0.4 is 5.73 Å². The van der Waals surface area contributed by atoms with Crippen molar-refractivity contribution < 1.29 is 0 Å². The van der Waals surface area contributed by atoms with E-state index >= 15 is 0 Å².